The number of benzene rings is 1. The van der Waals surface area contributed by atoms with Crippen LogP contribution < -0.4 is 11.1 Å². The third-order valence-electron chi connectivity index (χ3n) is 2.87. The van der Waals surface area contributed by atoms with Crippen LogP contribution in [-0.2, 0) is 0 Å². The lowest BCUT2D eigenvalue weighted by atomic mass is 10.1. The van der Waals surface area contributed by atoms with Gasteiger partial charge in [0.05, 0.1) is 6.54 Å². The second-order valence-electron chi connectivity index (χ2n) is 4.63. The fraction of sp³-hybridized carbons (Fsp3) is 0.438. The summed E-state index contributed by atoms with van der Waals surface area (Å²) >= 11 is 1.74. The van der Waals surface area contributed by atoms with Gasteiger partial charge in [-0.2, -0.15) is 11.8 Å². The third kappa shape index (κ3) is 5.28. The van der Waals surface area contributed by atoms with E-state index in [2.05, 4.69) is 24.1 Å². The zero-order chi connectivity index (χ0) is 15.0. The van der Waals surface area contributed by atoms with E-state index >= 15 is 0 Å². The quantitative estimate of drug-likeness (QED) is 0.817. The number of nitrogens with two attached hydrogens (primary N) is 1. The van der Waals surface area contributed by atoms with Crippen molar-refractivity contribution in [3.8, 4) is 11.8 Å². The van der Waals surface area contributed by atoms with E-state index in [1.807, 2.05) is 31.4 Å². The molecule has 1 rings (SSSR count). The first-order valence-corrected chi connectivity index (χ1v) is 8.10. The molecule has 3 nitrogen and oxygen atoms in total. The zero-order valence-corrected chi connectivity index (χ0v) is 13.1. The Labute approximate surface area is 125 Å². The van der Waals surface area contributed by atoms with Gasteiger partial charge >= 0.3 is 0 Å². The van der Waals surface area contributed by atoms with Gasteiger partial charge in [0.25, 0.3) is 5.91 Å². The number of thioether (sulfide) groups is 1. The Morgan fingerprint density at radius 1 is 1.45 bits per heavy atom. The summed E-state index contributed by atoms with van der Waals surface area (Å²) < 4.78 is 0. The number of aryl methyl sites for hydroxylation is 1. The van der Waals surface area contributed by atoms with E-state index in [9.17, 15) is 4.79 Å². The molecule has 0 saturated heterocycles. The van der Waals surface area contributed by atoms with Gasteiger partial charge in [0.15, 0.2) is 0 Å². The van der Waals surface area contributed by atoms with Crippen molar-refractivity contribution in [1.82, 2.24) is 5.32 Å². The summed E-state index contributed by atoms with van der Waals surface area (Å²) in [6.45, 7) is 4.36. The lowest BCUT2D eigenvalue weighted by molar-refractivity contribution is 0.0940. The van der Waals surface area contributed by atoms with E-state index < -0.39 is 0 Å². The molecule has 1 atom stereocenters. The van der Waals surface area contributed by atoms with Crippen molar-refractivity contribution in [2.24, 2.45) is 5.73 Å². The molecule has 0 aromatic heterocycles. The Kier molecular flexibility index (Phi) is 7.21. The van der Waals surface area contributed by atoms with Crippen molar-refractivity contribution in [2.45, 2.75) is 26.3 Å². The first-order valence-electron chi connectivity index (χ1n) is 6.71. The van der Waals surface area contributed by atoms with Gasteiger partial charge in [0, 0.05) is 22.9 Å². The molecular weight excluding hydrogens is 268 g/mol. The lowest BCUT2D eigenvalue weighted by Crippen LogP contribution is -2.36. The molecule has 1 aromatic rings. The smallest absolute Gasteiger partial charge is 0.251 e. The Bertz CT molecular complexity index is 517. The van der Waals surface area contributed by atoms with Crippen molar-refractivity contribution in [3.63, 3.8) is 0 Å². The average molecular weight is 290 g/mol. The Balaban J connectivity index is 2.89. The zero-order valence-electron chi connectivity index (χ0n) is 12.3. The van der Waals surface area contributed by atoms with Crippen molar-refractivity contribution >= 4 is 17.7 Å². The third-order valence-corrected chi connectivity index (χ3v) is 3.61. The Morgan fingerprint density at radius 2 is 2.20 bits per heavy atom. The highest BCUT2D eigenvalue weighted by molar-refractivity contribution is 7.98. The molecule has 0 fully saturated rings. The van der Waals surface area contributed by atoms with Crippen molar-refractivity contribution in [1.29, 1.82) is 0 Å². The van der Waals surface area contributed by atoms with Gasteiger partial charge in [-0.25, -0.2) is 0 Å². The van der Waals surface area contributed by atoms with Crippen LogP contribution in [-0.4, -0.2) is 30.5 Å². The maximum atomic E-state index is 12.3. The number of nitrogens with one attached hydrogen (secondary N) is 1. The summed E-state index contributed by atoms with van der Waals surface area (Å²) in [6, 6.07) is 5.86. The van der Waals surface area contributed by atoms with E-state index in [1.165, 1.54) is 0 Å². The van der Waals surface area contributed by atoms with Crippen LogP contribution in [0.5, 0.6) is 0 Å². The lowest BCUT2D eigenvalue weighted by Gasteiger charge is -2.16. The molecular formula is C16H22N2OS. The van der Waals surface area contributed by atoms with Crippen LogP contribution in [0.2, 0.25) is 0 Å². The van der Waals surface area contributed by atoms with Crippen molar-refractivity contribution in [2.75, 3.05) is 18.6 Å². The Morgan fingerprint density at radius 3 is 2.80 bits per heavy atom. The van der Waals surface area contributed by atoms with Crippen LogP contribution in [0.3, 0.4) is 0 Å². The molecule has 1 amide bonds. The SMILES string of the molecule is CCC(CSC)NC(=O)c1cc(C)cc(C#CCN)c1. The molecule has 0 aliphatic carbocycles. The minimum Gasteiger partial charge on any atom is -0.348 e. The molecule has 3 N–H and O–H groups in total. The standard InChI is InChI=1S/C16H22N2OS/c1-4-15(11-20-3)18-16(19)14-9-12(2)8-13(10-14)6-5-7-17/h8-10,15H,4,7,11,17H2,1-3H3,(H,18,19). The van der Waals surface area contributed by atoms with Crippen molar-refractivity contribution in [3.05, 3.63) is 34.9 Å². The predicted molar refractivity (Wildman–Crippen MR) is 87.0 cm³/mol. The van der Waals surface area contributed by atoms with E-state index in [0.29, 0.717) is 12.1 Å². The summed E-state index contributed by atoms with van der Waals surface area (Å²) in [4.78, 5) is 12.3. The number of hydrogen-bond acceptors (Lipinski definition) is 3. The van der Waals surface area contributed by atoms with Crippen molar-refractivity contribution < 1.29 is 4.79 Å². The summed E-state index contributed by atoms with van der Waals surface area (Å²) in [7, 11) is 0. The largest absolute Gasteiger partial charge is 0.348 e. The molecule has 0 aliphatic heterocycles. The van der Waals surface area contributed by atoms with Crippen LogP contribution in [0.1, 0.15) is 34.8 Å². The van der Waals surface area contributed by atoms with Gasteiger partial charge in [0.1, 0.15) is 0 Å². The monoisotopic (exact) mass is 290 g/mol. The number of carbonyl (C=O) groups is 1. The second kappa shape index (κ2) is 8.68. The van der Waals surface area contributed by atoms with Gasteiger partial charge in [-0.15, -0.1) is 0 Å². The molecule has 0 heterocycles. The van der Waals surface area contributed by atoms with Crippen LogP contribution in [0.4, 0.5) is 0 Å². The first kappa shape index (κ1) is 16.6. The Hall–Kier alpha value is -1.44. The maximum absolute atomic E-state index is 12.3. The van der Waals surface area contributed by atoms with E-state index in [1.54, 1.807) is 11.8 Å². The van der Waals surface area contributed by atoms with Crippen LogP contribution in [0.25, 0.3) is 0 Å². The topological polar surface area (TPSA) is 55.1 Å². The summed E-state index contributed by atoms with van der Waals surface area (Å²) in [5.74, 6) is 6.67. The van der Waals surface area contributed by atoms with Crippen LogP contribution in [0, 0.1) is 18.8 Å². The molecule has 1 unspecified atom stereocenters. The number of hydrogen-bond donors (Lipinski definition) is 2. The number of amides is 1. The molecule has 20 heavy (non-hydrogen) atoms. The molecule has 1 aromatic carbocycles. The minimum absolute atomic E-state index is 0.0367. The summed E-state index contributed by atoms with van der Waals surface area (Å²) in [6.07, 6.45) is 2.97. The fourth-order valence-electron chi connectivity index (χ4n) is 1.87. The molecule has 4 heteroatoms. The molecule has 0 bridgehead atoms. The maximum Gasteiger partial charge on any atom is 0.251 e. The molecule has 0 saturated carbocycles. The molecule has 0 radical (unpaired) electrons. The molecule has 108 valence electrons. The van der Waals surface area contributed by atoms with Gasteiger partial charge in [-0.3, -0.25) is 4.79 Å². The highest BCUT2D eigenvalue weighted by atomic mass is 32.2. The first-order chi connectivity index (χ1) is 9.60. The van der Waals surface area contributed by atoms with E-state index in [4.69, 9.17) is 5.73 Å². The normalized spacial score (nSPS) is 11.4. The summed E-state index contributed by atoms with van der Waals surface area (Å²) in [5, 5.41) is 3.06. The van der Waals surface area contributed by atoms with Gasteiger partial charge in [-0.1, -0.05) is 18.8 Å². The van der Waals surface area contributed by atoms with Crippen LogP contribution in [0.15, 0.2) is 18.2 Å². The highest BCUT2D eigenvalue weighted by Gasteiger charge is 2.12. The minimum atomic E-state index is -0.0367. The molecule has 0 aliphatic rings. The van der Waals surface area contributed by atoms with E-state index in [-0.39, 0.29) is 11.9 Å². The van der Waals surface area contributed by atoms with Gasteiger partial charge in [-0.05, 0) is 43.4 Å². The number of rotatable bonds is 5. The van der Waals surface area contributed by atoms with Gasteiger partial charge < -0.3 is 11.1 Å². The summed E-state index contributed by atoms with van der Waals surface area (Å²) in [5.41, 5.74) is 7.89. The predicted octanol–water partition coefficient (Wildman–Crippen LogP) is 2.18. The van der Waals surface area contributed by atoms with Crippen LogP contribution >= 0.6 is 11.8 Å². The van der Waals surface area contributed by atoms with Gasteiger partial charge in [0.2, 0.25) is 0 Å². The average Bonchev–Trinajstić information content (AvgIpc) is 2.43. The second-order valence-corrected chi connectivity index (χ2v) is 5.54. The fourth-order valence-corrected chi connectivity index (χ4v) is 2.59. The van der Waals surface area contributed by atoms with E-state index in [0.717, 1.165) is 23.3 Å². The highest BCUT2D eigenvalue weighted by Crippen LogP contribution is 2.10. The number of carbonyl (C=O) groups excluding carboxylic acids is 1. The molecule has 0 spiro atoms.